The van der Waals surface area contributed by atoms with Gasteiger partial charge in [-0.3, -0.25) is 14.9 Å². The molecule has 0 saturated carbocycles. The van der Waals surface area contributed by atoms with Crippen molar-refractivity contribution in [3.8, 4) is 0 Å². The predicted molar refractivity (Wildman–Crippen MR) is 91.2 cm³/mol. The van der Waals surface area contributed by atoms with Crippen LogP contribution in [0.25, 0.3) is 0 Å². The first-order valence-electron chi connectivity index (χ1n) is 7.23. The zero-order chi connectivity index (χ0) is 17.0. The number of nitro benzene ring substituents is 1. The summed E-state index contributed by atoms with van der Waals surface area (Å²) in [6.07, 6.45) is 0.743. The molecule has 2 rings (SSSR count). The minimum atomic E-state index is -0.483. The van der Waals surface area contributed by atoms with E-state index in [9.17, 15) is 14.9 Å². The first-order chi connectivity index (χ1) is 10.9. The van der Waals surface area contributed by atoms with Gasteiger partial charge in [0.2, 0.25) is 0 Å². The van der Waals surface area contributed by atoms with E-state index in [2.05, 4.69) is 5.32 Å². The monoisotopic (exact) mass is 332 g/mol. The predicted octanol–water partition coefficient (Wildman–Crippen LogP) is 5.01. The Morgan fingerprint density at radius 3 is 2.43 bits per heavy atom. The molecule has 120 valence electrons. The SMILES string of the molecule is CCC(Nc1ccc(C(C)=O)cc1[N+](=O)[O-])c1ccc(Cl)cc1. The lowest BCUT2D eigenvalue weighted by molar-refractivity contribution is -0.384. The molecule has 0 amide bonds. The molecule has 0 aliphatic heterocycles. The summed E-state index contributed by atoms with van der Waals surface area (Å²) in [5, 5.41) is 15.1. The van der Waals surface area contributed by atoms with E-state index in [0.717, 1.165) is 12.0 Å². The molecule has 1 N–H and O–H groups in total. The second-order valence-electron chi connectivity index (χ2n) is 5.20. The number of halogens is 1. The summed E-state index contributed by atoms with van der Waals surface area (Å²) in [6.45, 7) is 3.37. The number of benzene rings is 2. The average Bonchev–Trinajstić information content (AvgIpc) is 2.53. The molecule has 0 radical (unpaired) electrons. The summed E-state index contributed by atoms with van der Waals surface area (Å²) in [7, 11) is 0. The normalized spacial score (nSPS) is 11.8. The van der Waals surface area contributed by atoms with Crippen molar-refractivity contribution in [3.63, 3.8) is 0 Å². The standard InChI is InChI=1S/C17H17ClN2O3/c1-3-15(12-4-7-14(18)8-5-12)19-16-9-6-13(11(2)21)10-17(16)20(22)23/h4-10,15,19H,3H2,1-2H3. The summed E-state index contributed by atoms with van der Waals surface area (Å²) >= 11 is 5.89. The summed E-state index contributed by atoms with van der Waals surface area (Å²) in [5.41, 5.74) is 1.59. The van der Waals surface area contributed by atoms with Crippen molar-refractivity contribution < 1.29 is 9.72 Å². The van der Waals surface area contributed by atoms with Gasteiger partial charge in [-0.05, 0) is 43.2 Å². The minimum absolute atomic E-state index is 0.0888. The van der Waals surface area contributed by atoms with Crippen molar-refractivity contribution in [2.24, 2.45) is 0 Å². The topological polar surface area (TPSA) is 72.2 Å². The maximum absolute atomic E-state index is 11.4. The lowest BCUT2D eigenvalue weighted by atomic mass is 10.0. The lowest BCUT2D eigenvalue weighted by Gasteiger charge is -2.19. The summed E-state index contributed by atoms with van der Waals surface area (Å²) < 4.78 is 0. The molecule has 0 aliphatic carbocycles. The van der Waals surface area contributed by atoms with Gasteiger partial charge in [0.1, 0.15) is 5.69 Å². The fourth-order valence-corrected chi connectivity index (χ4v) is 2.45. The number of hydrogen-bond acceptors (Lipinski definition) is 4. The van der Waals surface area contributed by atoms with Crippen molar-refractivity contribution in [2.75, 3.05) is 5.32 Å². The van der Waals surface area contributed by atoms with Gasteiger partial charge in [0.05, 0.1) is 11.0 Å². The van der Waals surface area contributed by atoms with Crippen LogP contribution in [0.3, 0.4) is 0 Å². The minimum Gasteiger partial charge on any atom is -0.373 e. The molecule has 0 aromatic heterocycles. The molecular weight excluding hydrogens is 316 g/mol. The summed E-state index contributed by atoms with van der Waals surface area (Å²) in [4.78, 5) is 22.2. The molecule has 0 saturated heterocycles. The third kappa shape index (κ3) is 4.07. The quantitative estimate of drug-likeness (QED) is 0.458. The highest BCUT2D eigenvalue weighted by Crippen LogP contribution is 2.31. The fraction of sp³-hybridized carbons (Fsp3) is 0.235. The van der Waals surface area contributed by atoms with Crippen LogP contribution in [0.2, 0.25) is 5.02 Å². The largest absolute Gasteiger partial charge is 0.373 e. The van der Waals surface area contributed by atoms with Gasteiger partial charge < -0.3 is 5.32 Å². The van der Waals surface area contributed by atoms with E-state index in [1.165, 1.54) is 13.0 Å². The fourth-order valence-electron chi connectivity index (χ4n) is 2.33. The third-order valence-corrected chi connectivity index (χ3v) is 3.86. The second-order valence-corrected chi connectivity index (χ2v) is 5.64. The molecule has 0 heterocycles. The zero-order valence-corrected chi connectivity index (χ0v) is 13.6. The number of nitro groups is 1. The maximum Gasteiger partial charge on any atom is 0.293 e. The number of carbonyl (C=O) groups excluding carboxylic acids is 1. The Kier molecular flexibility index (Phi) is 5.34. The number of rotatable bonds is 6. The molecule has 0 fully saturated rings. The highest BCUT2D eigenvalue weighted by molar-refractivity contribution is 6.30. The second kappa shape index (κ2) is 7.24. The van der Waals surface area contributed by atoms with Gasteiger partial charge in [-0.15, -0.1) is 0 Å². The van der Waals surface area contributed by atoms with Crippen LogP contribution in [0.15, 0.2) is 42.5 Å². The summed E-state index contributed by atoms with van der Waals surface area (Å²) in [5.74, 6) is -0.204. The molecule has 0 bridgehead atoms. The van der Waals surface area contributed by atoms with E-state index < -0.39 is 4.92 Å². The number of nitrogens with zero attached hydrogens (tertiary/aromatic N) is 1. The van der Waals surface area contributed by atoms with Crippen molar-refractivity contribution in [1.29, 1.82) is 0 Å². The summed E-state index contributed by atoms with van der Waals surface area (Å²) in [6, 6.07) is 11.7. The molecule has 1 atom stereocenters. The van der Waals surface area contributed by atoms with E-state index in [4.69, 9.17) is 11.6 Å². The van der Waals surface area contributed by atoms with Crippen LogP contribution in [0.1, 0.15) is 42.2 Å². The van der Waals surface area contributed by atoms with Crippen molar-refractivity contribution in [3.05, 3.63) is 68.7 Å². The van der Waals surface area contributed by atoms with Crippen LogP contribution < -0.4 is 5.32 Å². The van der Waals surface area contributed by atoms with E-state index in [0.29, 0.717) is 16.3 Å². The Labute approximate surface area is 139 Å². The van der Waals surface area contributed by atoms with E-state index in [1.54, 1.807) is 24.3 Å². The lowest BCUT2D eigenvalue weighted by Crippen LogP contribution is -2.11. The number of anilines is 1. The van der Waals surface area contributed by atoms with Crippen LogP contribution in [-0.2, 0) is 0 Å². The van der Waals surface area contributed by atoms with Crippen LogP contribution in [0.4, 0.5) is 11.4 Å². The molecule has 6 heteroatoms. The van der Waals surface area contributed by atoms with Crippen LogP contribution in [-0.4, -0.2) is 10.7 Å². The van der Waals surface area contributed by atoms with Gasteiger partial charge >= 0.3 is 0 Å². The van der Waals surface area contributed by atoms with E-state index in [1.807, 2.05) is 19.1 Å². The van der Waals surface area contributed by atoms with Crippen LogP contribution in [0.5, 0.6) is 0 Å². The van der Waals surface area contributed by atoms with Crippen molar-refractivity contribution >= 4 is 28.8 Å². The highest BCUT2D eigenvalue weighted by Gasteiger charge is 2.19. The van der Waals surface area contributed by atoms with Gasteiger partial charge in [0.15, 0.2) is 5.78 Å². The van der Waals surface area contributed by atoms with Gasteiger partial charge in [-0.2, -0.15) is 0 Å². The Bertz CT molecular complexity index is 729. The maximum atomic E-state index is 11.4. The van der Waals surface area contributed by atoms with Gasteiger partial charge in [-0.1, -0.05) is 30.7 Å². The number of carbonyl (C=O) groups is 1. The number of nitrogens with one attached hydrogen (secondary N) is 1. The molecule has 5 nitrogen and oxygen atoms in total. The Balaban J connectivity index is 2.35. The molecule has 2 aromatic carbocycles. The third-order valence-electron chi connectivity index (χ3n) is 3.61. The smallest absolute Gasteiger partial charge is 0.293 e. The molecule has 2 aromatic rings. The first kappa shape index (κ1) is 17.0. The molecule has 0 spiro atoms. The molecule has 0 aliphatic rings. The van der Waals surface area contributed by atoms with Gasteiger partial charge in [0, 0.05) is 16.7 Å². The van der Waals surface area contributed by atoms with Crippen LogP contribution in [0, 0.1) is 10.1 Å². The van der Waals surface area contributed by atoms with Crippen LogP contribution >= 0.6 is 11.6 Å². The number of ketones is 1. The molecule has 1 unspecified atom stereocenters. The Morgan fingerprint density at radius 2 is 1.91 bits per heavy atom. The van der Waals surface area contributed by atoms with E-state index in [-0.39, 0.29) is 17.5 Å². The first-order valence-corrected chi connectivity index (χ1v) is 7.61. The molecular formula is C17H17ClN2O3. The number of hydrogen-bond donors (Lipinski definition) is 1. The zero-order valence-electron chi connectivity index (χ0n) is 12.9. The van der Waals surface area contributed by atoms with Gasteiger partial charge in [-0.25, -0.2) is 0 Å². The Morgan fingerprint density at radius 1 is 1.26 bits per heavy atom. The number of Topliss-reactive ketones (excluding diaryl/α,β-unsaturated/α-hetero) is 1. The van der Waals surface area contributed by atoms with Gasteiger partial charge in [0.25, 0.3) is 5.69 Å². The van der Waals surface area contributed by atoms with E-state index >= 15 is 0 Å². The van der Waals surface area contributed by atoms with Crippen molar-refractivity contribution in [2.45, 2.75) is 26.3 Å². The highest BCUT2D eigenvalue weighted by atomic mass is 35.5. The van der Waals surface area contributed by atoms with Crippen molar-refractivity contribution in [1.82, 2.24) is 0 Å². The Hall–Kier alpha value is -2.40. The molecule has 23 heavy (non-hydrogen) atoms. The average molecular weight is 333 g/mol.